The molecule has 0 amide bonds. The third kappa shape index (κ3) is 2.98. The summed E-state index contributed by atoms with van der Waals surface area (Å²) in [4.78, 5) is 23.5. The number of aromatic amines is 2. The number of nitrogens with one attached hydrogen (secondary N) is 3. The molecular weight excluding hydrogens is 349 g/mol. The van der Waals surface area contributed by atoms with E-state index in [4.69, 9.17) is 4.98 Å². The molecule has 1 aliphatic heterocycles. The number of hydrogen-bond donors (Lipinski definition) is 3. The van der Waals surface area contributed by atoms with Gasteiger partial charge in [0.15, 0.2) is 5.65 Å². The summed E-state index contributed by atoms with van der Waals surface area (Å²) in [5.74, 6) is 1.58. The zero-order chi connectivity index (χ0) is 18.5. The van der Waals surface area contributed by atoms with Gasteiger partial charge in [-0.25, -0.2) is 14.2 Å². The largest absolute Gasteiger partial charge is 0.367 e. The predicted molar refractivity (Wildman–Crippen MR) is 101 cm³/mol. The quantitative estimate of drug-likeness (QED) is 0.607. The van der Waals surface area contributed by atoms with Crippen molar-refractivity contribution in [2.75, 3.05) is 23.3 Å². The molecule has 9 heteroatoms. The molecule has 0 spiro atoms. The summed E-state index contributed by atoms with van der Waals surface area (Å²) >= 11 is 0. The van der Waals surface area contributed by atoms with Gasteiger partial charge in [0, 0.05) is 24.2 Å². The Kier molecular flexibility index (Phi) is 3.56. The first-order valence-corrected chi connectivity index (χ1v) is 9.10. The first-order chi connectivity index (χ1) is 13.1. The van der Waals surface area contributed by atoms with Crippen LogP contribution >= 0.6 is 0 Å². The maximum atomic E-state index is 13.7. The number of hydrogen-bond acceptors (Lipinski definition) is 5. The monoisotopic (exact) mass is 369 g/mol. The van der Waals surface area contributed by atoms with Crippen molar-refractivity contribution in [3.05, 3.63) is 39.0 Å². The first-order valence-electron chi connectivity index (χ1n) is 9.10. The molecular formula is C18H20FN7O. The van der Waals surface area contributed by atoms with Crippen LogP contribution in [0.5, 0.6) is 0 Å². The molecule has 4 heterocycles. The van der Waals surface area contributed by atoms with E-state index in [1.165, 1.54) is 0 Å². The molecule has 140 valence electrons. The maximum Gasteiger partial charge on any atom is 0.323 e. The van der Waals surface area contributed by atoms with Crippen LogP contribution in [-0.2, 0) is 0 Å². The van der Waals surface area contributed by atoms with Crippen LogP contribution in [0.2, 0.25) is 0 Å². The van der Waals surface area contributed by atoms with Crippen LogP contribution in [0.1, 0.15) is 24.8 Å². The lowest BCUT2D eigenvalue weighted by atomic mass is 10.3. The zero-order valence-electron chi connectivity index (χ0n) is 14.7. The molecule has 3 N–H and O–H groups in total. The van der Waals surface area contributed by atoms with E-state index in [9.17, 15) is 9.18 Å². The highest BCUT2D eigenvalue weighted by molar-refractivity contribution is 5.69. The Morgan fingerprint density at radius 2 is 2.19 bits per heavy atom. The minimum absolute atomic E-state index is 0.307. The molecule has 0 radical (unpaired) electrons. The average Bonchev–Trinajstić information content (AvgIpc) is 3.04. The molecule has 0 bridgehead atoms. The molecule has 1 saturated carbocycles. The molecule has 0 unspecified atom stereocenters. The van der Waals surface area contributed by atoms with Crippen LogP contribution in [0, 0.1) is 0 Å². The third-order valence-corrected chi connectivity index (χ3v) is 5.01. The van der Waals surface area contributed by atoms with Crippen LogP contribution in [-0.4, -0.2) is 49.9 Å². The lowest BCUT2D eigenvalue weighted by molar-refractivity contribution is 0.364. The highest BCUT2D eigenvalue weighted by Gasteiger charge is 2.26. The van der Waals surface area contributed by atoms with Gasteiger partial charge in [-0.1, -0.05) is 6.58 Å². The van der Waals surface area contributed by atoms with Gasteiger partial charge < -0.3 is 20.2 Å². The van der Waals surface area contributed by atoms with Gasteiger partial charge in [-0.2, -0.15) is 9.61 Å². The average molecular weight is 369 g/mol. The second-order valence-electron chi connectivity index (χ2n) is 7.20. The van der Waals surface area contributed by atoms with E-state index in [-0.39, 0.29) is 5.69 Å². The van der Waals surface area contributed by atoms with Crippen molar-refractivity contribution in [2.24, 2.45) is 0 Å². The predicted octanol–water partition coefficient (Wildman–Crippen LogP) is 0.107. The summed E-state index contributed by atoms with van der Waals surface area (Å²) < 4.78 is 15.4. The van der Waals surface area contributed by atoms with E-state index in [1.54, 1.807) is 16.8 Å². The molecule has 8 nitrogen and oxygen atoms in total. The van der Waals surface area contributed by atoms with Crippen molar-refractivity contribution >= 4 is 29.9 Å². The van der Waals surface area contributed by atoms with E-state index in [0.717, 1.165) is 30.0 Å². The Hall–Kier alpha value is -3.10. The molecule has 2 fully saturated rings. The van der Waals surface area contributed by atoms with Crippen molar-refractivity contribution in [1.82, 2.24) is 24.6 Å². The molecule has 3 aromatic heterocycles. The molecule has 0 aromatic carbocycles. The summed E-state index contributed by atoms with van der Waals surface area (Å²) in [5, 5.41) is 9.03. The van der Waals surface area contributed by atoms with Crippen molar-refractivity contribution in [2.45, 2.75) is 31.5 Å². The second kappa shape index (κ2) is 5.97. The number of alkyl halides is 1. The lowest BCUT2D eigenvalue weighted by Crippen LogP contribution is -2.23. The minimum atomic E-state index is -0.822. The molecule has 5 rings (SSSR count). The maximum absolute atomic E-state index is 13.7. The van der Waals surface area contributed by atoms with Gasteiger partial charge >= 0.3 is 5.69 Å². The van der Waals surface area contributed by atoms with E-state index in [2.05, 4.69) is 27.0 Å². The number of fused-ring (bicyclic) bond motifs is 1. The lowest BCUT2D eigenvalue weighted by Gasteiger charge is -2.18. The van der Waals surface area contributed by atoms with Gasteiger partial charge in [0.1, 0.15) is 17.8 Å². The summed E-state index contributed by atoms with van der Waals surface area (Å²) in [6, 6.07) is 2.38. The van der Waals surface area contributed by atoms with E-state index >= 15 is 0 Å². The first kappa shape index (κ1) is 16.1. The zero-order valence-corrected chi connectivity index (χ0v) is 14.7. The summed E-state index contributed by atoms with van der Waals surface area (Å²) in [6.45, 7) is 4.83. The molecule has 3 aromatic rings. The normalized spacial score (nSPS) is 20.7. The topological polar surface area (TPSA) is 94.1 Å². The number of aromatic nitrogens is 5. The number of rotatable bonds is 4. The number of H-pyrrole nitrogens is 2. The van der Waals surface area contributed by atoms with Crippen molar-refractivity contribution in [3.8, 4) is 0 Å². The van der Waals surface area contributed by atoms with E-state index < -0.39 is 6.17 Å². The molecule has 27 heavy (non-hydrogen) atoms. The Morgan fingerprint density at radius 1 is 1.33 bits per heavy atom. The van der Waals surface area contributed by atoms with Crippen LogP contribution < -0.4 is 26.6 Å². The number of imidazole rings is 1. The highest BCUT2D eigenvalue weighted by Crippen LogP contribution is 2.29. The fraction of sp³-hybridized carbons (Fsp3) is 0.389. The Morgan fingerprint density at radius 3 is 2.85 bits per heavy atom. The number of nitrogens with zero attached hydrogens (tertiary/aromatic N) is 4. The standard InChI is InChI=1S/C18H20FN7O/c1-10-14(23-18(27)21-10)6-11-8-20-26-16(22-13-2-3-13)7-15(24-17(11)26)25-5-4-12(19)9-25/h6-8,12-13,22H,1-5,9H2,(H2,21,23,27)/b14-6-/t12-/m1/s1. The smallest absolute Gasteiger partial charge is 0.323 e. The van der Waals surface area contributed by atoms with E-state index in [0.29, 0.717) is 41.9 Å². The summed E-state index contributed by atoms with van der Waals surface area (Å²) in [7, 11) is 0. The van der Waals surface area contributed by atoms with Crippen LogP contribution in [0.4, 0.5) is 16.0 Å². The van der Waals surface area contributed by atoms with Gasteiger partial charge in [0.05, 0.1) is 23.4 Å². The SMILES string of the molecule is C=c1[nH]c(=O)[nH]/c1=C\c1cnn2c(NC3CC3)cc(N3CC[C@@H](F)C3)nc12. The third-order valence-electron chi connectivity index (χ3n) is 5.01. The Balaban J connectivity index is 1.66. The minimum Gasteiger partial charge on any atom is -0.367 e. The van der Waals surface area contributed by atoms with Crippen molar-refractivity contribution < 1.29 is 4.39 Å². The Labute approximate surface area is 153 Å². The van der Waals surface area contributed by atoms with Gasteiger partial charge in [0.25, 0.3) is 0 Å². The van der Waals surface area contributed by atoms with Crippen LogP contribution in [0.25, 0.3) is 18.3 Å². The fourth-order valence-corrected chi connectivity index (χ4v) is 3.41. The second-order valence-corrected chi connectivity index (χ2v) is 7.20. The van der Waals surface area contributed by atoms with Crippen LogP contribution in [0.3, 0.4) is 0 Å². The highest BCUT2D eigenvalue weighted by atomic mass is 19.1. The molecule has 1 saturated heterocycles. The van der Waals surface area contributed by atoms with Gasteiger partial charge in [0.2, 0.25) is 0 Å². The van der Waals surface area contributed by atoms with Gasteiger partial charge in [-0.05, 0) is 25.3 Å². The summed E-state index contributed by atoms with van der Waals surface area (Å²) in [6.07, 6.45) is 5.46. The van der Waals surface area contributed by atoms with Crippen LogP contribution in [0.15, 0.2) is 17.1 Å². The van der Waals surface area contributed by atoms with E-state index in [1.807, 2.05) is 11.0 Å². The van der Waals surface area contributed by atoms with Crippen molar-refractivity contribution in [3.63, 3.8) is 0 Å². The van der Waals surface area contributed by atoms with Gasteiger partial charge in [-0.3, -0.25) is 0 Å². The molecule has 1 atom stereocenters. The fourth-order valence-electron chi connectivity index (χ4n) is 3.41. The molecule has 2 aliphatic rings. The van der Waals surface area contributed by atoms with Gasteiger partial charge in [-0.15, -0.1) is 0 Å². The summed E-state index contributed by atoms with van der Waals surface area (Å²) in [5.41, 5.74) is 1.10. The Bertz CT molecular complexity index is 1170. The number of anilines is 2. The molecule has 1 aliphatic carbocycles. The van der Waals surface area contributed by atoms with Crippen molar-refractivity contribution in [1.29, 1.82) is 0 Å². The number of halogens is 1.